The van der Waals surface area contributed by atoms with E-state index in [-0.39, 0.29) is 5.91 Å². The molecule has 1 aliphatic carbocycles. The molecule has 1 aliphatic rings. The number of carbonyl (C=O) groups is 1. The van der Waals surface area contributed by atoms with Gasteiger partial charge in [-0.2, -0.15) is 0 Å². The number of rotatable bonds is 5. The molecule has 0 aromatic carbocycles. The number of hydrogen-bond acceptors (Lipinski definition) is 2. The summed E-state index contributed by atoms with van der Waals surface area (Å²) in [5.74, 6) is 3.15. The molecule has 3 heteroatoms. The summed E-state index contributed by atoms with van der Waals surface area (Å²) in [6.45, 7) is 2.86. The first-order valence-electron chi connectivity index (χ1n) is 5.67. The second-order valence-electron chi connectivity index (χ2n) is 4.21. The molecule has 1 amide bonds. The lowest BCUT2D eigenvalue weighted by atomic mass is 10.00. The molecule has 0 aromatic heterocycles. The summed E-state index contributed by atoms with van der Waals surface area (Å²) in [6, 6.07) is 0.299. The van der Waals surface area contributed by atoms with E-state index >= 15 is 0 Å². The van der Waals surface area contributed by atoms with E-state index in [4.69, 9.17) is 6.42 Å². The lowest BCUT2D eigenvalue weighted by molar-refractivity contribution is -0.121. The smallest absolute Gasteiger partial charge is 0.234 e. The van der Waals surface area contributed by atoms with Gasteiger partial charge in [-0.3, -0.25) is 10.1 Å². The minimum Gasteiger partial charge on any atom is -0.352 e. The average Bonchev–Trinajstić information content (AvgIpc) is 2.70. The summed E-state index contributed by atoms with van der Waals surface area (Å²) in [6.07, 6.45) is 10.2. The Morgan fingerprint density at radius 3 is 2.80 bits per heavy atom. The van der Waals surface area contributed by atoms with Gasteiger partial charge in [0.2, 0.25) is 5.91 Å². The zero-order valence-corrected chi connectivity index (χ0v) is 9.38. The molecule has 1 fully saturated rings. The number of nitrogens with one attached hydrogen (secondary N) is 2. The maximum absolute atomic E-state index is 11.4. The predicted molar refractivity (Wildman–Crippen MR) is 61.3 cm³/mol. The molecule has 0 aliphatic heterocycles. The van der Waals surface area contributed by atoms with E-state index in [1.165, 1.54) is 25.7 Å². The second-order valence-corrected chi connectivity index (χ2v) is 4.21. The molecule has 1 atom stereocenters. The summed E-state index contributed by atoms with van der Waals surface area (Å²) in [5.41, 5.74) is 0. The summed E-state index contributed by atoms with van der Waals surface area (Å²) in [4.78, 5) is 11.4. The third-order valence-electron chi connectivity index (χ3n) is 3.01. The van der Waals surface area contributed by atoms with Gasteiger partial charge >= 0.3 is 0 Å². The molecule has 1 rings (SSSR count). The van der Waals surface area contributed by atoms with Gasteiger partial charge in [0.05, 0.1) is 13.1 Å². The van der Waals surface area contributed by atoms with Crippen LogP contribution in [0.25, 0.3) is 0 Å². The fourth-order valence-electron chi connectivity index (χ4n) is 2.13. The van der Waals surface area contributed by atoms with Gasteiger partial charge in [0, 0.05) is 6.04 Å². The van der Waals surface area contributed by atoms with E-state index in [2.05, 4.69) is 23.5 Å². The summed E-state index contributed by atoms with van der Waals surface area (Å²) < 4.78 is 0. The van der Waals surface area contributed by atoms with Crippen molar-refractivity contribution in [2.45, 2.75) is 38.6 Å². The fourth-order valence-corrected chi connectivity index (χ4v) is 2.13. The molecule has 1 saturated carbocycles. The van der Waals surface area contributed by atoms with Crippen molar-refractivity contribution in [2.24, 2.45) is 5.92 Å². The minimum atomic E-state index is 0.0460. The molecule has 0 unspecified atom stereocenters. The number of hydrogen-bond donors (Lipinski definition) is 2. The Bertz CT molecular complexity index is 238. The Kier molecular flexibility index (Phi) is 5.20. The van der Waals surface area contributed by atoms with Gasteiger partial charge in [-0.1, -0.05) is 18.8 Å². The maximum atomic E-state index is 11.4. The molecule has 0 radical (unpaired) electrons. The molecule has 0 spiro atoms. The molecule has 15 heavy (non-hydrogen) atoms. The van der Waals surface area contributed by atoms with E-state index in [9.17, 15) is 4.79 Å². The van der Waals surface area contributed by atoms with E-state index in [1.54, 1.807) is 0 Å². The van der Waals surface area contributed by atoms with E-state index < -0.39 is 0 Å². The molecule has 0 heterocycles. The Labute approximate surface area is 92.0 Å². The van der Waals surface area contributed by atoms with Crippen molar-refractivity contribution in [1.29, 1.82) is 0 Å². The van der Waals surface area contributed by atoms with Crippen LogP contribution in [0.3, 0.4) is 0 Å². The number of carbonyl (C=O) groups excluding carboxylic acids is 1. The predicted octanol–water partition coefficient (Wildman–Crippen LogP) is 0.904. The average molecular weight is 208 g/mol. The standard InChI is InChI=1S/C12H20N2O/c1-3-8-13-9-12(15)14-10(2)11-6-4-5-7-11/h1,10-11,13H,4-9H2,2H3,(H,14,15)/t10-/m0/s1. The number of amides is 1. The quantitative estimate of drug-likeness (QED) is 0.521. The SMILES string of the molecule is C#CCNCC(=O)N[C@@H](C)C1CCCC1. The zero-order valence-electron chi connectivity index (χ0n) is 9.38. The van der Waals surface area contributed by atoms with Crippen molar-refractivity contribution in [3.8, 4) is 12.3 Å². The van der Waals surface area contributed by atoms with Crippen LogP contribution in [0.2, 0.25) is 0 Å². The van der Waals surface area contributed by atoms with Crippen LogP contribution in [-0.4, -0.2) is 25.0 Å². The van der Waals surface area contributed by atoms with E-state index in [0.29, 0.717) is 25.0 Å². The third kappa shape index (κ3) is 4.35. The maximum Gasteiger partial charge on any atom is 0.234 e. The molecule has 0 aromatic rings. The van der Waals surface area contributed by atoms with Crippen molar-refractivity contribution in [3.63, 3.8) is 0 Å². The highest BCUT2D eigenvalue weighted by Crippen LogP contribution is 2.27. The van der Waals surface area contributed by atoms with Gasteiger partial charge in [0.25, 0.3) is 0 Å². The Balaban J connectivity index is 2.16. The van der Waals surface area contributed by atoms with Crippen LogP contribution in [0, 0.1) is 18.3 Å². The first kappa shape index (κ1) is 12.1. The molecular formula is C12H20N2O. The molecule has 2 N–H and O–H groups in total. The summed E-state index contributed by atoms with van der Waals surface area (Å²) in [5, 5.41) is 5.89. The third-order valence-corrected chi connectivity index (χ3v) is 3.01. The Morgan fingerprint density at radius 2 is 2.20 bits per heavy atom. The van der Waals surface area contributed by atoms with E-state index in [1.807, 2.05) is 0 Å². The van der Waals surface area contributed by atoms with Crippen LogP contribution < -0.4 is 10.6 Å². The van der Waals surface area contributed by atoms with Crippen LogP contribution in [0.4, 0.5) is 0 Å². The fraction of sp³-hybridized carbons (Fsp3) is 0.750. The van der Waals surface area contributed by atoms with Crippen LogP contribution in [0.1, 0.15) is 32.6 Å². The Hall–Kier alpha value is -1.01. The summed E-state index contributed by atoms with van der Waals surface area (Å²) >= 11 is 0. The van der Waals surface area contributed by atoms with Gasteiger partial charge < -0.3 is 5.32 Å². The van der Waals surface area contributed by atoms with Crippen LogP contribution in [-0.2, 0) is 4.79 Å². The van der Waals surface area contributed by atoms with Crippen molar-refractivity contribution >= 4 is 5.91 Å². The van der Waals surface area contributed by atoms with Crippen molar-refractivity contribution in [1.82, 2.24) is 10.6 Å². The van der Waals surface area contributed by atoms with Crippen molar-refractivity contribution in [3.05, 3.63) is 0 Å². The normalized spacial score (nSPS) is 18.4. The van der Waals surface area contributed by atoms with Gasteiger partial charge in [0.1, 0.15) is 0 Å². The largest absolute Gasteiger partial charge is 0.352 e. The Morgan fingerprint density at radius 1 is 1.53 bits per heavy atom. The van der Waals surface area contributed by atoms with Crippen LogP contribution >= 0.6 is 0 Å². The molecule has 0 saturated heterocycles. The zero-order chi connectivity index (χ0) is 11.1. The molecule has 3 nitrogen and oxygen atoms in total. The molecule has 0 bridgehead atoms. The van der Waals surface area contributed by atoms with Gasteiger partial charge in [-0.05, 0) is 25.7 Å². The first-order valence-corrected chi connectivity index (χ1v) is 5.67. The monoisotopic (exact) mass is 208 g/mol. The van der Waals surface area contributed by atoms with Gasteiger partial charge in [-0.15, -0.1) is 6.42 Å². The van der Waals surface area contributed by atoms with E-state index in [0.717, 1.165) is 0 Å². The van der Waals surface area contributed by atoms with Crippen LogP contribution in [0.15, 0.2) is 0 Å². The molecular weight excluding hydrogens is 188 g/mol. The lowest BCUT2D eigenvalue weighted by Gasteiger charge is -2.20. The second kappa shape index (κ2) is 6.47. The highest BCUT2D eigenvalue weighted by atomic mass is 16.1. The van der Waals surface area contributed by atoms with Gasteiger partial charge in [0.15, 0.2) is 0 Å². The summed E-state index contributed by atoms with van der Waals surface area (Å²) in [7, 11) is 0. The first-order chi connectivity index (χ1) is 7.24. The lowest BCUT2D eigenvalue weighted by Crippen LogP contribution is -2.42. The topological polar surface area (TPSA) is 41.1 Å². The van der Waals surface area contributed by atoms with Crippen LogP contribution in [0.5, 0.6) is 0 Å². The molecule has 84 valence electrons. The van der Waals surface area contributed by atoms with Crippen molar-refractivity contribution in [2.75, 3.05) is 13.1 Å². The van der Waals surface area contributed by atoms with Crippen molar-refractivity contribution < 1.29 is 4.79 Å². The number of terminal acetylenes is 1. The minimum absolute atomic E-state index is 0.0460. The van der Waals surface area contributed by atoms with Gasteiger partial charge in [-0.25, -0.2) is 0 Å². The highest BCUT2D eigenvalue weighted by molar-refractivity contribution is 5.78. The highest BCUT2D eigenvalue weighted by Gasteiger charge is 2.22.